The molecule has 130 valence electrons. The first-order valence-corrected chi connectivity index (χ1v) is 6.75. The highest BCUT2D eigenvalue weighted by atomic mass is 16.6. The zero-order valence-corrected chi connectivity index (χ0v) is 12.6. The van der Waals surface area contributed by atoms with E-state index in [1.54, 1.807) is 6.92 Å². The molecule has 15 nitrogen and oxygen atoms in total. The van der Waals surface area contributed by atoms with Crippen molar-refractivity contribution < 1.29 is 19.1 Å². The van der Waals surface area contributed by atoms with Crippen LogP contribution in [-0.4, -0.2) is 57.6 Å². The Morgan fingerprint density at radius 1 is 1.48 bits per heavy atom. The van der Waals surface area contributed by atoms with Gasteiger partial charge in [-0.1, -0.05) is 10.2 Å². The molecule has 3 aromatic rings. The van der Waals surface area contributed by atoms with Gasteiger partial charge in [-0.3, -0.25) is 0 Å². The molecule has 2 N–H and O–H groups in total. The van der Waals surface area contributed by atoms with Gasteiger partial charge < -0.3 is 20.6 Å². The van der Waals surface area contributed by atoms with E-state index in [0.29, 0.717) is 0 Å². The fourth-order valence-electron chi connectivity index (χ4n) is 1.91. The molecule has 0 amide bonds. The fraction of sp³-hybridized carbons (Fsp3) is 0.300. The third-order valence-corrected chi connectivity index (χ3v) is 2.93. The number of rotatable bonds is 6. The monoisotopic (exact) mass is 350 g/mol. The predicted molar refractivity (Wildman–Crippen MR) is 75.4 cm³/mol. The largest absolute Gasteiger partial charge is 0.490 e. The van der Waals surface area contributed by atoms with Crippen molar-refractivity contribution in [2.24, 2.45) is 0 Å². The van der Waals surface area contributed by atoms with Crippen LogP contribution in [0.25, 0.3) is 5.82 Å². The number of carbonyl (C=O) groups is 1. The summed E-state index contributed by atoms with van der Waals surface area (Å²) >= 11 is 0. The summed E-state index contributed by atoms with van der Waals surface area (Å²) in [6.45, 7) is 1.60. The highest BCUT2D eigenvalue weighted by Crippen LogP contribution is 2.17. The highest BCUT2D eigenvalue weighted by molar-refractivity contribution is 5.88. The van der Waals surface area contributed by atoms with Gasteiger partial charge in [0.25, 0.3) is 0 Å². The lowest BCUT2D eigenvalue weighted by Gasteiger charge is -2.04. The van der Waals surface area contributed by atoms with Gasteiger partial charge in [-0.05, 0) is 22.2 Å². The molecular formula is C10H10N10O5. The summed E-state index contributed by atoms with van der Waals surface area (Å²) in [5.41, 5.74) is 5.64. The van der Waals surface area contributed by atoms with E-state index in [1.165, 1.54) is 0 Å². The minimum atomic E-state index is -0.752. The van der Waals surface area contributed by atoms with Gasteiger partial charge in [-0.2, -0.15) is 9.36 Å². The van der Waals surface area contributed by atoms with E-state index < -0.39 is 16.8 Å². The molecule has 25 heavy (non-hydrogen) atoms. The lowest BCUT2D eigenvalue weighted by molar-refractivity contribution is -0.394. The Kier molecular flexibility index (Phi) is 4.02. The molecule has 3 aromatic heterocycles. The number of hydrogen-bond donors (Lipinski definition) is 1. The zero-order valence-electron chi connectivity index (χ0n) is 12.6. The Morgan fingerprint density at radius 2 is 2.28 bits per heavy atom. The Bertz CT molecular complexity index is 926. The second-order valence-corrected chi connectivity index (χ2v) is 4.49. The zero-order chi connectivity index (χ0) is 18.0. The first-order valence-electron chi connectivity index (χ1n) is 6.75. The number of nitrogens with two attached hydrogens (primary N) is 1. The van der Waals surface area contributed by atoms with Crippen LogP contribution in [-0.2, 0) is 11.3 Å². The average molecular weight is 350 g/mol. The fourth-order valence-corrected chi connectivity index (χ4v) is 1.91. The van der Waals surface area contributed by atoms with Gasteiger partial charge in [-0.15, -0.1) is 5.10 Å². The molecule has 15 heteroatoms. The summed E-state index contributed by atoms with van der Waals surface area (Å²) in [6.07, 6.45) is 1.12. The Labute approximate surface area is 137 Å². The van der Waals surface area contributed by atoms with Crippen molar-refractivity contribution in [3.63, 3.8) is 0 Å². The van der Waals surface area contributed by atoms with Crippen LogP contribution >= 0.6 is 0 Å². The van der Waals surface area contributed by atoms with Crippen molar-refractivity contribution >= 4 is 17.7 Å². The summed E-state index contributed by atoms with van der Waals surface area (Å²) in [5, 5.41) is 28.9. The van der Waals surface area contributed by atoms with Gasteiger partial charge in [0.05, 0.1) is 6.61 Å². The van der Waals surface area contributed by atoms with Crippen LogP contribution in [0.4, 0.5) is 11.8 Å². The molecule has 0 fully saturated rings. The van der Waals surface area contributed by atoms with Crippen molar-refractivity contribution in [3.05, 3.63) is 27.8 Å². The molecule has 0 aliphatic heterocycles. The van der Waals surface area contributed by atoms with E-state index in [9.17, 15) is 14.9 Å². The third-order valence-electron chi connectivity index (χ3n) is 2.93. The van der Waals surface area contributed by atoms with Gasteiger partial charge in [0.1, 0.15) is 12.2 Å². The molecule has 0 atom stereocenters. The van der Waals surface area contributed by atoms with Crippen LogP contribution in [0.3, 0.4) is 0 Å². The van der Waals surface area contributed by atoms with E-state index in [0.717, 1.165) is 15.7 Å². The minimum Gasteiger partial charge on any atom is -0.461 e. The van der Waals surface area contributed by atoms with Crippen LogP contribution in [0.1, 0.15) is 23.1 Å². The quantitative estimate of drug-likeness (QED) is 0.322. The number of anilines is 1. The first-order chi connectivity index (χ1) is 12.0. The maximum atomic E-state index is 12.1. The first kappa shape index (κ1) is 16.0. The van der Waals surface area contributed by atoms with Gasteiger partial charge in [-0.25, -0.2) is 9.42 Å². The Hall–Kier alpha value is -3.91. The summed E-state index contributed by atoms with van der Waals surface area (Å²) in [7, 11) is 0. The summed E-state index contributed by atoms with van der Waals surface area (Å²) in [4.78, 5) is 25.5. The number of nitro groups is 1. The molecule has 0 aliphatic rings. The van der Waals surface area contributed by atoms with Crippen LogP contribution in [0.5, 0.6) is 0 Å². The number of nitrogens with zero attached hydrogens (tertiary/aromatic N) is 9. The molecule has 0 aliphatic carbocycles. The average Bonchev–Trinajstić information content (AvgIpc) is 3.28. The van der Waals surface area contributed by atoms with Crippen LogP contribution in [0, 0.1) is 10.1 Å². The number of ether oxygens (including phenoxy) is 1. The third kappa shape index (κ3) is 2.96. The van der Waals surface area contributed by atoms with Crippen molar-refractivity contribution in [2.75, 3.05) is 12.3 Å². The molecule has 0 bridgehead atoms. The van der Waals surface area contributed by atoms with E-state index >= 15 is 0 Å². The normalized spacial score (nSPS) is 10.8. The number of aromatic nitrogens is 8. The smallest absolute Gasteiger partial charge is 0.461 e. The molecule has 0 saturated heterocycles. The number of esters is 1. The van der Waals surface area contributed by atoms with Gasteiger partial charge in [0.15, 0.2) is 5.69 Å². The SMILES string of the molecule is CCOC(=O)c1nnn(-c2nonc2N)c1Cn1cnc([N+](=O)[O-])n1. The van der Waals surface area contributed by atoms with Gasteiger partial charge in [0, 0.05) is 5.10 Å². The van der Waals surface area contributed by atoms with Crippen LogP contribution < -0.4 is 5.73 Å². The molecule has 0 aromatic carbocycles. The molecule has 0 saturated carbocycles. The van der Waals surface area contributed by atoms with E-state index in [1.807, 2.05) is 0 Å². The summed E-state index contributed by atoms with van der Waals surface area (Å²) < 4.78 is 11.6. The summed E-state index contributed by atoms with van der Waals surface area (Å²) in [6, 6.07) is 0. The van der Waals surface area contributed by atoms with Crippen molar-refractivity contribution in [3.8, 4) is 5.82 Å². The Balaban J connectivity index is 2.04. The molecule has 0 unspecified atom stereocenters. The van der Waals surface area contributed by atoms with E-state index in [4.69, 9.17) is 10.5 Å². The topological polar surface area (TPSA) is 196 Å². The number of nitrogen functional groups attached to an aromatic ring is 1. The Morgan fingerprint density at radius 3 is 2.88 bits per heavy atom. The van der Waals surface area contributed by atoms with Crippen molar-refractivity contribution in [1.29, 1.82) is 0 Å². The standard InChI is InChI=1S/C10H10N10O5/c1-2-24-9(21)6-5(3-18-4-12-10(14-18)20(22)23)19(17-13-6)8-7(11)15-25-16-8/h4H,2-3H2,1H3,(H2,11,15). The predicted octanol–water partition coefficient (Wildman–Crippen LogP) is -1.04. The summed E-state index contributed by atoms with van der Waals surface area (Å²) in [5.74, 6) is -1.44. The number of hydrogen-bond acceptors (Lipinski definition) is 12. The lowest BCUT2D eigenvalue weighted by Crippen LogP contribution is -2.14. The maximum absolute atomic E-state index is 12.1. The van der Waals surface area contributed by atoms with E-state index in [-0.39, 0.29) is 36.2 Å². The van der Waals surface area contributed by atoms with Gasteiger partial charge in [0.2, 0.25) is 18.0 Å². The van der Waals surface area contributed by atoms with E-state index in [2.05, 4.69) is 35.3 Å². The molecular weight excluding hydrogens is 340 g/mol. The van der Waals surface area contributed by atoms with Crippen molar-refractivity contribution in [1.82, 2.24) is 40.1 Å². The molecule has 3 rings (SSSR count). The maximum Gasteiger partial charge on any atom is 0.490 e. The van der Waals surface area contributed by atoms with Crippen molar-refractivity contribution in [2.45, 2.75) is 13.5 Å². The van der Waals surface area contributed by atoms with Gasteiger partial charge >= 0.3 is 11.9 Å². The lowest BCUT2D eigenvalue weighted by atomic mass is 10.3. The second-order valence-electron chi connectivity index (χ2n) is 4.49. The molecule has 0 radical (unpaired) electrons. The second kappa shape index (κ2) is 6.30. The molecule has 0 spiro atoms. The minimum absolute atomic E-state index is 0.00679. The van der Waals surface area contributed by atoms with Crippen LogP contribution in [0.2, 0.25) is 0 Å². The molecule has 3 heterocycles. The van der Waals surface area contributed by atoms with Crippen LogP contribution in [0.15, 0.2) is 11.0 Å². The number of carbonyl (C=O) groups excluding carboxylic acids is 1. The highest BCUT2D eigenvalue weighted by Gasteiger charge is 2.26.